The minimum atomic E-state index is -4.43. The Labute approximate surface area is 154 Å². The molecule has 0 atom stereocenters. The lowest BCUT2D eigenvalue weighted by atomic mass is 9.98. The van der Waals surface area contributed by atoms with Crippen LogP contribution in [0.3, 0.4) is 0 Å². The highest BCUT2D eigenvalue weighted by Crippen LogP contribution is 2.29. The monoisotopic (exact) mass is 389 g/mol. The number of anilines is 1. The van der Waals surface area contributed by atoms with E-state index in [9.17, 15) is 18.0 Å². The molecule has 2 aromatic rings. The molecular formula is C16H19ClF3N5O. The van der Waals surface area contributed by atoms with Gasteiger partial charge in [-0.15, -0.1) is 12.4 Å². The van der Waals surface area contributed by atoms with E-state index >= 15 is 0 Å². The first kappa shape index (κ1) is 20.2. The van der Waals surface area contributed by atoms with E-state index in [4.69, 9.17) is 0 Å². The number of halogens is 4. The van der Waals surface area contributed by atoms with Gasteiger partial charge in [0.25, 0.3) is 5.91 Å². The molecule has 6 nitrogen and oxygen atoms in total. The van der Waals surface area contributed by atoms with Gasteiger partial charge in [0.15, 0.2) is 5.82 Å². The number of amides is 1. The predicted molar refractivity (Wildman–Crippen MR) is 92.5 cm³/mol. The molecule has 0 bridgehead atoms. The summed E-state index contributed by atoms with van der Waals surface area (Å²) in [5.74, 6) is 0.662. The van der Waals surface area contributed by atoms with Crippen LogP contribution in [0.1, 0.15) is 40.5 Å². The largest absolute Gasteiger partial charge is 0.416 e. The molecule has 1 amide bonds. The van der Waals surface area contributed by atoms with Crippen LogP contribution in [0.2, 0.25) is 0 Å². The van der Waals surface area contributed by atoms with Gasteiger partial charge in [0.2, 0.25) is 5.95 Å². The van der Waals surface area contributed by atoms with Gasteiger partial charge in [-0.3, -0.25) is 10.1 Å². The van der Waals surface area contributed by atoms with Crippen molar-refractivity contribution >= 4 is 24.3 Å². The average Bonchev–Trinajstić information content (AvgIpc) is 2.96. The number of alkyl halides is 3. The molecule has 142 valence electrons. The Balaban J connectivity index is 0.00000243. The van der Waals surface area contributed by atoms with Crippen LogP contribution in [0.25, 0.3) is 0 Å². The van der Waals surface area contributed by atoms with Gasteiger partial charge in [-0.1, -0.05) is 0 Å². The van der Waals surface area contributed by atoms with Crippen LogP contribution in [0.15, 0.2) is 24.3 Å². The van der Waals surface area contributed by atoms with Gasteiger partial charge < -0.3 is 5.32 Å². The molecule has 2 heterocycles. The number of carbonyl (C=O) groups is 1. The highest BCUT2D eigenvalue weighted by atomic mass is 35.5. The van der Waals surface area contributed by atoms with Crippen LogP contribution in [0.4, 0.5) is 19.1 Å². The van der Waals surface area contributed by atoms with Crippen molar-refractivity contribution in [3.63, 3.8) is 0 Å². The molecule has 3 rings (SSSR count). The summed E-state index contributed by atoms with van der Waals surface area (Å²) in [5.41, 5.74) is -0.671. The Morgan fingerprint density at radius 3 is 2.42 bits per heavy atom. The molecule has 0 radical (unpaired) electrons. The summed E-state index contributed by atoms with van der Waals surface area (Å²) in [6, 6.07) is 4.04. The number of hydrogen-bond acceptors (Lipinski definition) is 4. The Morgan fingerprint density at radius 1 is 1.23 bits per heavy atom. The maximum Gasteiger partial charge on any atom is 0.416 e. The summed E-state index contributed by atoms with van der Waals surface area (Å²) in [5, 5.41) is 10.2. The fourth-order valence-corrected chi connectivity index (χ4v) is 2.75. The van der Waals surface area contributed by atoms with Gasteiger partial charge in [0.05, 0.1) is 5.56 Å². The van der Waals surface area contributed by atoms with Gasteiger partial charge in [-0.05, 0) is 50.2 Å². The second-order valence-corrected chi connectivity index (χ2v) is 5.97. The van der Waals surface area contributed by atoms with Crippen molar-refractivity contribution in [2.24, 2.45) is 7.05 Å². The Kier molecular flexibility index (Phi) is 6.25. The fourth-order valence-electron chi connectivity index (χ4n) is 2.75. The fraction of sp³-hybridized carbons (Fsp3) is 0.438. The number of aryl methyl sites for hydroxylation is 1. The van der Waals surface area contributed by atoms with Crippen LogP contribution < -0.4 is 10.6 Å². The predicted octanol–water partition coefficient (Wildman–Crippen LogP) is 2.98. The number of aromatic nitrogens is 3. The van der Waals surface area contributed by atoms with Crippen molar-refractivity contribution in [3.8, 4) is 0 Å². The summed E-state index contributed by atoms with van der Waals surface area (Å²) in [6.45, 7) is 1.80. The van der Waals surface area contributed by atoms with E-state index in [2.05, 4.69) is 20.7 Å². The van der Waals surface area contributed by atoms with Gasteiger partial charge in [-0.25, -0.2) is 4.68 Å². The zero-order valence-corrected chi connectivity index (χ0v) is 14.8. The molecule has 1 aliphatic heterocycles. The molecule has 0 aliphatic carbocycles. The topological polar surface area (TPSA) is 71.8 Å². The first-order valence-corrected chi connectivity index (χ1v) is 7.95. The number of nitrogens with zero attached hydrogens (tertiary/aromatic N) is 3. The van der Waals surface area contributed by atoms with E-state index in [1.165, 1.54) is 4.68 Å². The lowest BCUT2D eigenvalue weighted by Crippen LogP contribution is -2.27. The number of nitrogens with one attached hydrogen (secondary N) is 2. The average molecular weight is 390 g/mol. The summed E-state index contributed by atoms with van der Waals surface area (Å²) in [4.78, 5) is 16.6. The van der Waals surface area contributed by atoms with Crippen LogP contribution in [-0.2, 0) is 13.2 Å². The molecular weight excluding hydrogens is 371 g/mol. The first-order chi connectivity index (χ1) is 11.8. The third kappa shape index (κ3) is 4.53. The van der Waals surface area contributed by atoms with E-state index < -0.39 is 17.6 Å². The first-order valence-electron chi connectivity index (χ1n) is 7.95. The molecule has 1 aliphatic rings. The summed E-state index contributed by atoms with van der Waals surface area (Å²) in [7, 11) is 1.67. The zero-order chi connectivity index (χ0) is 18.0. The molecule has 1 fully saturated rings. The van der Waals surface area contributed by atoms with Crippen LogP contribution in [-0.4, -0.2) is 33.8 Å². The summed E-state index contributed by atoms with van der Waals surface area (Å²) >= 11 is 0. The van der Waals surface area contributed by atoms with E-state index in [0.29, 0.717) is 5.82 Å². The number of rotatable bonds is 3. The second-order valence-electron chi connectivity index (χ2n) is 5.97. The molecule has 1 aromatic heterocycles. The summed E-state index contributed by atoms with van der Waals surface area (Å²) < 4.78 is 39.2. The smallest absolute Gasteiger partial charge is 0.317 e. The van der Waals surface area contributed by atoms with Gasteiger partial charge in [0, 0.05) is 18.5 Å². The molecule has 2 N–H and O–H groups in total. The SMILES string of the molecule is Cl.Cn1nc(C2CCNCC2)nc1NC(=O)c1ccc(C(F)(F)F)cc1. The third-order valence-corrected chi connectivity index (χ3v) is 4.18. The Bertz CT molecular complexity index is 754. The second kappa shape index (κ2) is 8.05. The maximum atomic E-state index is 12.6. The van der Waals surface area contributed by atoms with Crippen molar-refractivity contribution < 1.29 is 18.0 Å². The highest BCUT2D eigenvalue weighted by molar-refractivity contribution is 6.03. The molecule has 26 heavy (non-hydrogen) atoms. The minimum absolute atomic E-state index is 0. The van der Waals surface area contributed by atoms with Gasteiger partial charge in [-0.2, -0.15) is 23.3 Å². The summed E-state index contributed by atoms with van der Waals surface area (Å²) in [6.07, 6.45) is -2.57. The van der Waals surface area contributed by atoms with E-state index in [1.807, 2.05) is 0 Å². The number of benzene rings is 1. The van der Waals surface area contributed by atoms with Crippen molar-refractivity contribution in [2.75, 3.05) is 18.4 Å². The van der Waals surface area contributed by atoms with Gasteiger partial charge in [0.1, 0.15) is 0 Å². The third-order valence-electron chi connectivity index (χ3n) is 4.18. The van der Waals surface area contributed by atoms with Crippen LogP contribution in [0.5, 0.6) is 0 Å². The Morgan fingerprint density at radius 2 is 1.85 bits per heavy atom. The Hall–Kier alpha value is -2.13. The quantitative estimate of drug-likeness (QED) is 0.846. The van der Waals surface area contributed by atoms with E-state index in [1.54, 1.807) is 7.05 Å². The normalized spacial score (nSPS) is 15.4. The van der Waals surface area contributed by atoms with Gasteiger partial charge >= 0.3 is 6.18 Å². The number of hydrogen-bond donors (Lipinski definition) is 2. The highest BCUT2D eigenvalue weighted by Gasteiger charge is 2.30. The molecule has 0 unspecified atom stereocenters. The van der Waals surface area contributed by atoms with E-state index in [0.717, 1.165) is 50.2 Å². The number of piperidine rings is 1. The molecule has 1 aromatic carbocycles. The standard InChI is InChI=1S/C16H18F3N5O.ClH/c1-24-15(21-13(23-24)10-6-8-20-9-7-10)22-14(25)11-2-4-12(5-3-11)16(17,18)19;/h2-5,10,20H,6-9H2,1H3,(H,21,22,23,25);1H. The lowest BCUT2D eigenvalue weighted by Gasteiger charge is -2.19. The van der Waals surface area contributed by atoms with Crippen LogP contribution >= 0.6 is 12.4 Å². The molecule has 0 spiro atoms. The minimum Gasteiger partial charge on any atom is -0.317 e. The molecule has 0 saturated carbocycles. The molecule has 10 heteroatoms. The lowest BCUT2D eigenvalue weighted by molar-refractivity contribution is -0.137. The molecule has 1 saturated heterocycles. The van der Waals surface area contributed by atoms with Crippen molar-refractivity contribution in [1.29, 1.82) is 0 Å². The zero-order valence-electron chi connectivity index (χ0n) is 14.0. The maximum absolute atomic E-state index is 12.6. The van der Waals surface area contributed by atoms with Crippen molar-refractivity contribution in [1.82, 2.24) is 20.1 Å². The van der Waals surface area contributed by atoms with E-state index in [-0.39, 0.29) is 29.8 Å². The van der Waals surface area contributed by atoms with Crippen LogP contribution in [0, 0.1) is 0 Å². The van der Waals surface area contributed by atoms with Crippen molar-refractivity contribution in [2.45, 2.75) is 24.9 Å². The van der Waals surface area contributed by atoms with Crippen molar-refractivity contribution in [3.05, 3.63) is 41.2 Å². The number of carbonyl (C=O) groups excluding carboxylic acids is 1.